The van der Waals surface area contributed by atoms with Gasteiger partial charge in [0.2, 0.25) is 5.91 Å². The molecule has 27 heavy (non-hydrogen) atoms. The number of unbranched alkanes of at least 4 members (excludes halogenated alkanes) is 2. The van der Waals surface area contributed by atoms with Gasteiger partial charge >= 0.3 is 5.97 Å². The number of methoxy groups -OCH3 is 1. The molecule has 5 heteroatoms. The van der Waals surface area contributed by atoms with Gasteiger partial charge in [-0.2, -0.15) is 5.26 Å². The molecule has 0 aliphatic heterocycles. The van der Waals surface area contributed by atoms with Gasteiger partial charge in [-0.1, -0.05) is 60.7 Å². The molecular weight excluding hydrogens is 340 g/mol. The van der Waals surface area contributed by atoms with Gasteiger partial charge in [-0.3, -0.25) is 4.79 Å². The molecular formula is C22H24N2O3. The van der Waals surface area contributed by atoms with Crippen molar-refractivity contribution in [3.63, 3.8) is 0 Å². The van der Waals surface area contributed by atoms with Gasteiger partial charge in [0.05, 0.1) is 19.1 Å². The van der Waals surface area contributed by atoms with Gasteiger partial charge in [-0.25, -0.2) is 4.79 Å². The van der Waals surface area contributed by atoms with Crippen LogP contribution in [0.5, 0.6) is 0 Å². The van der Waals surface area contributed by atoms with Crippen LogP contribution >= 0.6 is 0 Å². The summed E-state index contributed by atoms with van der Waals surface area (Å²) in [7, 11) is 1.31. The van der Waals surface area contributed by atoms with E-state index in [0.29, 0.717) is 25.7 Å². The molecule has 1 amide bonds. The van der Waals surface area contributed by atoms with E-state index in [-0.39, 0.29) is 5.91 Å². The van der Waals surface area contributed by atoms with Gasteiger partial charge in [0.15, 0.2) is 0 Å². The average molecular weight is 364 g/mol. The molecule has 2 aromatic rings. The van der Waals surface area contributed by atoms with E-state index in [1.54, 1.807) is 0 Å². The summed E-state index contributed by atoms with van der Waals surface area (Å²) >= 11 is 0. The predicted octanol–water partition coefficient (Wildman–Crippen LogP) is 3.56. The first kappa shape index (κ1) is 20.2. The van der Waals surface area contributed by atoms with Crippen LogP contribution in [0.2, 0.25) is 0 Å². The van der Waals surface area contributed by atoms with Crippen molar-refractivity contribution in [1.29, 1.82) is 5.26 Å². The molecule has 1 N–H and O–H groups in total. The normalized spacial score (nSPS) is 11.4. The third-order valence-corrected chi connectivity index (χ3v) is 4.36. The SMILES string of the molecule is COC(=O)[C@@H](CCCCC#N)NC(=O)C(c1ccccc1)c1ccccc1. The Kier molecular flexibility index (Phi) is 8.05. The van der Waals surface area contributed by atoms with E-state index in [4.69, 9.17) is 10.00 Å². The molecule has 0 saturated carbocycles. The molecule has 0 heterocycles. The lowest BCUT2D eigenvalue weighted by atomic mass is 9.90. The number of ether oxygens (including phenoxy) is 1. The lowest BCUT2D eigenvalue weighted by molar-refractivity contribution is -0.145. The Balaban J connectivity index is 2.20. The van der Waals surface area contributed by atoms with Gasteiger partial charge in [-0.05, 0) is 30.4 Å². The fraction of sp³-hybridized carbons (Fsp3) is 0.318. The molecule has 2 rings (SSSR count). The Morgan fingerprint density at radius 3 is 2.04 bits per heavy atom. The molecule has 2 aromatic carbocycles. The van der Waals surface area contributed by atoms with E-state index < -0.39 is 17.9 Å². The van der Waals surface area contributed by atoms with Crippen LogP contribution in [-0.2, 0) is 14.3 Å². The lowest BCUT2D eigenvalue weighted by Crippen LogP contribution is -2.43. The van der Waals surface area contributed by atoms with Gasteiger partial charge in [0, 0.05) is 6.42 Å². The summed E-state index contributed by atoms with van der Waals surface area (Å²) in [5, 5.41) is 11.5. The maximum atomic E-state index is 13.1. The minimum absolute atomic E-state index is 0.247. The van der Waals surface area contributed by atoms with Crippen molar-refractivity contribution in [2.24, 2.45) is 0 Å². The van der Waals surface area contributed by atoms with Crippen LogP contribution in [0.15, 0.2) is 60.7 Å². The molecule has 0 spiro atoms. The maximum Gasteiger partial charge on any atom is 0.328 e. The van der Waals surface area contributed by atoms with E-state index in [9.17, 15) is 9.59 Å². The second-order valence-electron chi connectivity index (χ2n) is 6.24. The molecule has 1 atom stereocenters. The zero-order chi connectivity index (χ0) is 19.5. The first-order valence-corrected chi connectivity index (χ1v) is 9.02. The zero-order valence-corrected chi connectivity index (χ0v) is 15.4. The number of carbonyl (C=O) groups excluding carboxylic acids is 2. The van der Waals surface area contributed by atoms with Gasteiger partial charge in [-0.15, -0.1) is 0 Å². The van der Waals surface area contributed by atoms with Crippen LogP contribution in [-0.4, -0.2) is 25.0 Å². The second kappa shape index (κ2) is 10.8. The highest BCUT2D eigenvalue weighted by Gasteiger charge is 2.28. The van der Waals surface area contributed by atoms with Crippen molar-refractivity contribution in [2.75, 3.05) is 7.11 Å². The average Bonchev–Trinajstić information content (AvgIpc) is 2.71. The third kappa shape index (κ3) is 5.96. The highest BCUT2D eigenvalue weighted by Crippen LogP contribution is 2.25. The first-order chi connectivity index (χ1) is 13.2. The molecule has 0 saturated heterocycles. The molecule has 0 fully saturated rings. The summed E-state index contributed by atoms with van der Waals surface area (Å²) in [6.07, 6.45) is 2.21. The van der Waals surface area contributed by atoms with Crippen molar-refractivity contribution in [1.82, 2.24) is 5.32 Å². The molecule has 0 radical (unpaired) electrons. The minimum Gasteiger partial charge on any atom is -0.467 e. The van der Waals surface area contributed by atoms with Crippen molar-refractivity contribution < 1.29 is 14.3 Å². The number of carbonyl (C=O) groups is 2. The molecule has 0 aliphatic carbocycles. The Hall–Kier alpha value is -3.13. The Labute approximate surface area is 160 Å². The summed E-state index contributed by atoms with van der Waals surface area (Å²) in [6, 6.07) is 20.3. The quantitative estimate of drug-likeness (QED) is 0.545. The highest BCUT2D eigenvalue weighted by atomic mass is 16.5. The third-order valence-electron chi connectivity index (χ3n) is 4.36. The van der Waals surface area contributed by atoms with E-state index in [1.807, 2.05) is 60.7 Å². The van der Waals surface area contributed by atoms with Crippen molar-refractivity contribution in [3.05, 3.63) is 71.8 Å². The van der Waals surface area contributed by atoms with Crippen molar-refractivity contribution >= 4 is 11.9 Å². The molecule has 0 aromatic heterocycles. The number of hydrogen-bond donors (Lipinski definition) is 1. The van der Waals surface area contributed by atoms with Crippen LogP contribution in [0.4, 0.5) is 0 Å². The van der Waals surface area contributed by atoms with Crippen molar-refractivity contribution in [3.8, 4) is 6.07 Å². The Morgan fingerprint density at radius 2 is 1.56 bits per heavy atom. The number of nitrogens with zero attached hydrogens (tertiary/aromatic N) is 1. The summed E-state index contributed by atoms with van der Waals surface area (Å²) in [5.41, 5.74) is 1.71. The van der Waals surface area contributed by atoms with Crippen molar-refractivity contribution in [2.45, 2.75) is 37.6 Å². The second-order valence-corrected chi connectivity index (χ2v) is 6.24. The van der Waals surface area contributed by atoms with Crippen LogP contribution in [0, 0.1) is 11.3 Å². The predicted molar refractivity (Wildman–Crippen MR) is 103 cm³/mol. The van der Waals surface area contributed by atoms with Crippen LogP contribution in [0.25, 0.3) is 0 Å². The lowest BCUT2D eigenvalue weighted by Gasteiger charge is -2.22. The fourth-order valence-electron chi connectivity index (χ4n) is 2.98. The topological polar surface area (TPSA) is 79.2 Å². The Morgan fingerprint density at radius 1 is 1.00 bits per heavy atom. The maximum absolute atomic E-state index is 13.1. The number of amides is 1. The van der Waals surface area contributed by atoms with Gasteiger partial charge < -0.3 is 10.1 Å². The number of nitrogens with one attached hydrogen (secondary N) is 1. The summed E-state index contributed by atoms with van der Waals surface area (Å²) in [6.45, 7) is 0. The van der Waals surface area contributed by atoms with E-state index in [0.717, 1.165) is 11.1 Å². The van der Waals surface area contributed by atoms with Crippen LogP contribution in [0.1, 0.15) is 42.7 Å². The first-order valence-electron chi connectivity index (χ1n) is 9.02. The smallest absolute Gasteiger partial charge is 0.328 e. The summed E-state index contributed by atoms with van der Waals surface area (Å²) in [5.74, 6) is -1.23. The number of benzene rings is 2. The van der Waals surface area contributed by atoms with Gasteiger partial charge in [0.25, 0.3) is 0 Å². The highest BCUT2D eigenvalue weighted by molar-refractivity contribution is 5.91. The largest absolute Gasteiger partial charge is 0.467 e. The molecule has 140 valence electrons. The van der Waals surface area contributed by atoms with Crippen LogP contribution < -0.4 is 5.32 Å². The van der Waals surface area contributed by atoms with E-state index >= 15 is 0 Å². The summed E-state index contributed by atoms with van der Waals surface area (Å²) in [4.78, 5) is 25.2. The fourth-order valence-corrected chi connectivity index (χ4v) is 2.98. The Bertz CT molecular complexity index is 730. The molecule has 0 unspecified atom stereocenters. The number of hydrogen-bond acceptors (Lipinski definition) is 4. The van der Waals surface area contributed by atoms with E-state index in [2.05, 4.69) is 11.4 Å². The van der Waals surface area contributed by atoms with Gasteiger partial charge in [0.1, 0.15) is 6.04 Å². The van der Waals surface area contributed by atoms with E-state index in [1.165, 1.54) is 7.11 Å². The number of rotatable bonds is 9. The molecule has 0 bridgehead atoms. The summed E-state index contributed by atoms with van der Waals surface area (Å²) < 4.78 is 4.84. The monoisotopic (exact) mass is 364 g/mol. The molecule has 0 aliphatic rings. The minimum atomic E-state index is -0.726. The zero-order valence-electron chi connectivity index (χ0n) is 15.4. The number of nitriles is 1. The molecule has 5 nitrogen and oxygen atoms in total. The standard InChI is InChI=1S/C22H24N2O3/c1-27-22(26)19(15-9-4-10-16-23)24-21(25)20(17-11-5-2-6-12-17)18-13-7-3-8-14-18/h2-3,5-8,11-14,19-20H,4,9-10,15H2,1H3,(H,24,25)/t19-/m1/s1. The van der Waals surface area contributed by atoms with Crippen LogP contribution in [0.3, 0.4) is 0 Å². The number of esters is 1.